The van der Waals surface area contributed by atoms with Gasteiger partial charge in [0.25, 0.3) is 11.8 Å². The van der Waals surface area contributed by atoms with Crippen LogP contribution in [-0.2, 0) is 16.6 Å². The highest BCUT2D eigenvalue weighted by molar-refractivity contribution is 7.90. The van der Waals surface area contributed by atoms with Gasteiger partial charge in [-0.25, -0.2) is 36.1 Å². The van der Waals surface area contributed by atoms with Crippen molar-refractivity contribution in [3.8, 4) is 17.1 Å². The lowest BCUT2D eigenvalue weighted by Gasteiger charge is -2.38. The van der Waals surface area contributed by atoms with Crippen LogP contribution >= 0.6 is 0 Å². The minimum absolute atomic E-state index is 0.00314. The van der Waals surface area contributed by atoms with Crippen LogP contribution in [0.4, 0.5) is 19.0 Å². The standard InChI is InChI=1S/C24H27F3N8O4S/c1-39-23-16(22(36)32-18-9-34(8-17(18)25)40(37,38)15-2-3-15)4-13(6-29-23)19-5-14(7-33-10-24(26,27)11-33)20-21(28)30-12-31-35(19)20/h4-6,12,15,17-18H,2-3,7-11H2,1H3,(H,32,36)(H2,28,30,31)/t17-,18+/m0/s1. The van der Waals surface area contributed by atoms with Crippen LogP contribution in [0.2, 0.25) is 0 Å². The lowest BCUT2D eigenvalue weighted by molar-refractivity contribution is -0.133. The zero-order chi connectivity index (χ0) is 28.4. The first-order chi connectivity index (χ1) is 19.0. The third-order valence-electron chi connectivity index (χ3n) is 7.39. The molecule has 0 bridgehead atoms. The summed E-state index contributed by atoms with van der Waals surface area (Å²) in [5, 5.41) is 6.38. The van der Waals surface area contributed by atoms with Gasteiger partial charge in [0.05, 0.1) is 37.2 Å². The van der Waals surface area contributed by atoms with Gasteiger partial charge >= 0.3 is 0 Å². The molecule has 1 amide bonds. The monoisotopic (exact) mass is 580 g/mol. The van der Waals surface area contributed by atoms with E-state index in [1.165, 1.54) is 30.2 Å². The molecule has 1 saturated carbocycles. The maximum Gasteiger partial charge on any atom is 0.272 e. The number of nitrogens with zero attached hydrogens (tertiary/aromatic N) is 6. The van der Waals surface area contributed by atoms with Gasteiger partial charge in [0.2, 0.25) is 15.9 Å². The molecule has 0 unspecified atom stereocenters. The van der Waals surface area contributed by atoms with Gasteiger partial charge in [-0.2, -0.15) is 9.40 Å². The first kappa shape index (κ1) is 26.7. The number of carbonyl (C=O) groups is 1. The zero-order valence-corrected chi connectivity index (χ0v) is 22.2. The summed E-state index contributed by atoms with van der Waals surface area (Å²) in [5.74, 6) is -3.29. The van der Waals surface area contributed by atoms with Gasteiger partial charge in [0.1, 0.15) is 23.6 Å². The topological polar surface area (TPSA) is 148 Å². The number of amides is 1. The Morgan fingerprint density at radius 2 is 1.98 bits per heavy atom. The normalized spacial score (nSPS) is 23.3. The Balaban J connectivity index is 1.29. The van der Waals surface area contributed by atoms with E-state index in [0.29, 0.717) is 35.2 Å². The number of halogens is 3. The van der Waals surface area contributed by atoms with Crippen molar-refractivity contribution in [2.24, 2.45) is 0 Å². The number of nitrogens with two attached hydrogens (primary N) is 1. The van der Waals surface area contributed by atoms with Crippen LogP contribution in [0.5, 0.6) is 5.88 Å². The smallest absolute Gasteiger partial charge is 0.272 e. The molecule has 12 nitrogen and oxygen atoms in total. The molecule has 0 radical (unpaired) electrons. The Hall–Kier alpha value is -3.50. The van der Waals surface area contributed by atoms with E-state index in [0.717, 1.165) is 4.31 Å². The number of hydrogen-bond donors (Lipinski definition) is 2. The van der Waals surface area contributed by atoms with E-state index in [1.54, 1.807) is 11.0 Å². The van der Waals surface area contributed by atoms with Crippen molar-refractivity contribution in [3.63, 3.8) is 0 Å². The van der Waals surface area contributed by atoms with E-state index in [1.807, 2.05) is 0 Å². The molecule has 6 rings (SSSR count). The van der Waals surface area contributed by atoms with Gasteiger partial charge in [-0.05, 0) is 30.5 Å². The summed E-state index contributed by atoms with van der Waals surface area (Å²) in [6, 6.07) is 2.17. The van der Waals surface area contributed by atoms with Crippen LogP contribution in [-0.4, -0.2) is 99.8 Å². The van der Waals surface area contributed by atoms with Crippen LogP contribution in [0.25, 0.3) is 16.8 Å². The summed E-state index contributed by atoms with van der Waals surface area (Å²) < 4.78 is 74.6. The molecular weight excluding hydrogens is 553 g/mol. The van der Waals surface area contributed by atoms with Crippen molar-refractivity contribution >= 4 is 27.3 Å². The number of likely N-dealkylation sites (tertiary alicyclic amines) is 1. The van der Waals surface area contributed by atoms with E-state index in [2.05, 4.69) is 20.4 Å². The summed E-state index contributed by atoms with van der Waals surface area (Å²) in [5.41, 5.74) is 8.07. The second-order valence-electron chi connectivity index (χ2n) is 10.4. The maximum atomic E-state index is 14.8. The van der Waals surface area contributed by atoms with Crippen LogP contribution in [0.3, 0.4) is 0 Å². The highest BCUT2D eigenvalue weighted by Gasteiger charge is 2.47. The number of pyridine rings is 1. The summed E-state index contributed by atoms with van der Waals surface area (Å²) in [6.07, 6.45) is 2.24. The fourth-order valence-electron chi connectivity index (χ4n) is 5.25. The Morgan fingerprint density at radius 1 is 1.23 bits per heavy atom. The largest absolute Gasteiger partial charge is 0.480 e. The molecule has 3 aromatic heterocycles. The van der Waals surface area contributed by atoms with E-state index < -0.39 is 39.3 Å². The lowest BCUT2D eigenvalue weighted by Crippen LogP contribution is -2.55. The number of hydrogen-bond acceptors (Lipinski definition) is 9. The number of fused-ring (bicyclic) bond motifs is 1. The minimum Gasteiger partial charge on any atom is -0.480 e. The summed E-state index contributed by atoms with van der Waals surface area (Å²) in [6.45, 7) is -1.05. The number of aromatic nitrogens is 4. The van der Waals surface area contributed by atoms with Crippen LogP contribution in [0.15, 0.2) is 24.7 Å². The van der Waals surface area contributed by atoms with Crippen molar-refractivity contribution in [3.05, 3.63) is 35.8 Å². The number of nitrogens with one attached hydrogen (secondary N) is 1. The molecule has 40 heavy (non-hydrogen) atoms. The second-order valence-corrected chi connectivity index (χ2v) is 12.6. The highest BCUT2D eigenvalue weighted by atomic mass is 32.2. The van der Waals surface area contributed by atoms with Gasteiger partial charge in [-0.15, -0.1) is 0 Å². The molecule has 2 atom stereocenters. The van der Waals surface area contributed by atoms with Gasteiger partial charge < -0.3 is 15.8 Å². The number of alkyl halides is 3. The number of ether oxygens (including phenoxy) is 1. The zero-order valence-electron chi connectivity index (χ0n) is 21.4. The molecular formula is C24H27F3N8O4S. The predicted molar refractivity (Wildman–Crippen MR) is 137 cm³/mol. The van der Waals surface area contributed by atoms with Gasteiger partial charge in [0.15, 0.2) is 5.82 Å². The number of rotatable bonds is 8. The number of carbonyl (C=O) groups excluding carboxylic acids is 1. The Kier molecular flexibility index (Phi) is 6.38. The lowest BCUT2D eigenvalue weighted by atomic mass is 10.1. The molecule has 2 saturated heterocycles. The molecule has 214 valence electrons. The molecule has 1 aliphatic carbocycles. The third-order valence-corrected chi connectivity index (χ3v) is 9.72. The van der Waals surface area contributed by atoms with Crippen LogP contribution in [0.1, 0.15) is 28.8 Å². The summed E-state index contributed by atoms with van der Waals surface area (Å²) >= 11 is 0. The van der Waals surface area contributed by atoms with E-state index in [-0.39, 0.29) is 50.0 Å². The first-order valence-electron chi connectivity index (χ1n) is 12.7. The SMILES string of the molecule is COc1ncc(-c2cc(CN3CC(F)(F)C3)c3c(N)ncnn23)cc1C(=O)N[C@@H]1CN(S(=O)(=O)C2CC2)C[C@@H]1F. The molecule has 2 aliphatic heterocycles. The van der Waals surface area contributed by atoms with Crippen molar-refractivity contribution in [1.82, 2.24) is 34.1 Å². The van der Waals surface area contributed by atoms with Gasteiger partial charge in [-0.1, -0.05) is 0 Å². The fourth-order valence-corrected chi connectivity index (χ4v) is 7.12. The van der Waals surface area contributed by atoms with E-state index >= 15 is 0 Å². The Bertz CT molecular complexity index is 1590. The number of sulfonamides is 1. The molecule has 5 heterocycles. The van der Waals surface area contributed by atoms with Crippen molar-refractivity contribution < 1.29 is 31.1 Å². The highest BCUT2D eigenvalue weighted by Crippen LogP contribution is 2.35. The third kappa shape index (κ3) is 4.73. The number of methoxy groups -OCH3 is 1. The molecule has 0 spiro atoms. The summed E-state index contributed by atoms with van der Waals surface area (Å²) in [4.78, 5) is 23.1. The van der Waals surface area contributed by atoms with Gasteiger partial charge in [-0.3, -0.25) is 9.69 Å². The van der Waals surface area contributed by atoms with Crippen LogP contribution < -0.4 is 15.8 Å². The van der Waals surface area contributed by atoms with Crippen molar-refractivity contribution in [2.75, 3.05) is 39.0 Å². The van der Waals surface area contributed by atoms with Gasteiger partial charge in [0, 0.05) is 31.4 Å². The average molecular weight is 581 g/mol. The molecule has 0 aromatic carbocycles. The first-order valence-corrected chi connectivity index (χ1v) is 14.2. The molecule has 3 N–H and O–H groups in total. The average Bonchev–Trinajstić information content (AvgIpc) is 3.61. The number of anilines is 1. The Labute approximate surface area is 227 Å². The number of nitrogen functional groups attached to an aromatic ring is 1. The molecule has 3 fully saturated rings. The van der Waals surface area contributed by atoms with E-state index in [4.69, 9.17) is 10.5 Å². The predicted octanol–water partition coefficient (Wildman–Crippen LogP) is 1.08. The molecule has 16 heteroatoms. The van der Waals surface area contributed by atoms with Crippen molar-refractivity contribution in [1.29, 1.82) is 0 Å². The van der Waals surface area contributed by atoms with Crippen molar-refractivity contribution in [2.45, 2.75) is 42.8 Å². The fraction of sp³-hybridized carbons (Fsp3) is 0.500. The Morgan fingerprint density at radius 3 is 2.65 bits per heavy atom. The van der Waals surface area contributed by atoms with Crippen LogP contribution in [0, 0.1) is 0 Å². The maximum absolute atomic E-state index is 14.8. The van der Waals surface area contributed by atoms with E-state index in [9.17, 15) is 26.4 Å². The quantitative estimate of drug-likeness (QED) is 0.399. The second kappa shape index (κ2) is 9.55. The molecule has 3 aromatic rings. The summed E-state index contributed by atoms with van der Waals surface area (Å²) in [7, 11) is -2.26. The molecule has 3 aliphatic rings. The minimum atomic E-state index is -3.59.